The predicted molar refractivity (Wildman–Crippen MR) is 147 cm³/mol. The number of halogens is 8. The molecule has 218 valence electrons. The number of urea groups is 2. The molecule has 0 aliphatic carbocycles. The number of rotatable bonds is 4. The lowest BCUT2D eigenvalue weighted by molar-refractivity contribution is 0.247. The molecule has 0 aliphatic rings. The molecule has 0 bridgehead atoms. The van der Waals surface area contributed by atoms with Crippen LogP contribution in [0.2, 0.25) is 0 Å². The number of hydrazine groups is 1. The highest BCUT2D eigenvalue weighted by Crippen LogP contribution is 2.42. The number of phenolic OH excluding ortho intramolecular Hbond substituents is 2. The lowest BCUT2D eigenvalue weighted by Gasteiger charge is -2.35. The van der Waals surface area contributed by atoms with Crippen LogP contribution >= 0.6 is 31.9 Å². The average Bonchev–Trinajstić information content (AvgIpc) is 2.94. The first-order chi connectivity index (χ1) is 19.8. The molecule has 4 amide bonds. The first-order valence-corrected chi connectivity index (χ1v) is 12.9. The minimum absolute atomic E-state index is 0.0938. The summed E-state index contributed by atoms with van der Waals surface area (Å²) in [4.78, 5) is 27.3. The number of nitrogens with zero attached hydrogens (tertiary/aromatic N) is 2. The largest absolute Gasteiger partial charge is 0.503 e. The van der Waals surface area contributed by atoms with E-state index in [0.29, 0.717) is 0 Å². The zero-order valence-corrected chi connectivity index (χ0v) is 23.6. The monoisotopic (exact) mass is 718 g/mol. The Kier molecular flexibility index (Phi) is 8.86. The maximum absolute atomic E-state index is 15.3. The van der Waals surface area contributed by atoms with Crippen LogP contribution in [0.25, 0.3) is 0 Å². The molecule has 4 aromatic carbocycles. The van der Waals surface area contributed by atoms with Crippen molar-refractivity contribution in [1.29, 1.82) is 0 Å². The minimum atomic E-state index is -2.15. The highest BCUT2D eigenvalue weighted by Gasteiger charge is 2.40. The second-order valence-electron chi connectivity index (χ2n) is 8.15. The van der Waals surface area contributed by atoms with Crippen LogP contribution in [0, 0.1) is 34.9 Å². The standard InChI is InChI=1S/C26H14Br2F6N4O4/c27-11-5-1-3-7-17(11)35-25(41)37(21-19(33)13(29)9-15(31)23(21)39)38(22-20(34)14(30)10-16(32)24(22)40)26(42)36-18-8-4-2-6-12(18)28/h1-10,39-40H,(H,35,41)(H,36,42). The van der Waals surface area contributed by atoms with Crippen molar-refractivity contribution in [3.63, 3.8) is 0 Å². The number of nitrogens with one attached hydrogen (secondary N) is 2. The van der Waals surface area contributed by atoms with Crippen molar-refractivity contribution < 1.29 is 46.1 Å². The van der Waals surface area contributed by atoms with Gasteiger partial charge >= 0.3 is 12.1 Å². The predicted octanol–water partition coefficient (Wildman–Crippen LogP) is 8.15. The number of hydrogen-bond donors (Lipinski definition) is 4. The van der Waals surface area contributed by atoms with Gasteiger partial charge in [-0.15, -0.1) is 0 Å². The first-order valence-electron chi connectivity index (χ1n) is 11.3. The third kappa shape index (κ3) is 5.80. The molecule has 0 unspecified atom stereocenters. The number of carbonyl (C=O) groups excluding carboxylic acids is 2. The van der Waals surface area contributed by atoms with Gasteiger partial charge in [-0.05, 0) is 56.1 Å². The maximum Gasteiger partial charge on any atom is 0.346 e. The van der Waals surface area contributed by atoms with Gasteiger partial charge in [0.25, 0.3) is 0 Å². The van der Waals surface area contributed by atoms with Crippen LogP contribution in [0.3, 0.4) is 0 Å². The van der Waals surface area contributed by atoms with E-state index in [9.17, 15) is 37.4 Å². The molecule has 0 saturated carbocycles. The Labute approximate surface area is 249 Å². The highest BCUT2D eigenvalue weighted by atomic mass is 79.9. The Bertz CT molecular complexity index is 1550. The van der Waals surface area contributed by atoms with Crippen LogP contribution in [0.4, 0.5) is 58.7 Å². The molecule has 4 N–H and O–H groups in total. The SMILES string of the molecule is O=C(Nc1ccccc1Br)N(c1c(O)c(F)cc(F)c1F)N(C(=O)Nc1ccccc1Br)c1c(O)c(F)cc(F)c1F. The van der Waals surface area contributed by atoms with E-state index < -0.39 is 69.8 Å². The van der Waals surface area contributed by atoms with E-state index in [1.807, 2.05) is 0 Å². The van der Waals surface area contributed by atoms with Crippen molar-refractivity contribution in [3.05, 3.63) is 105 Å². The van der Waals surface area contributed by atoms with E-state index in [1.165, 1.54) is 48.5 Å². The number of hydrogen-bond acceptors (Lipinski definition) is 4. The first kappa shape index (κ1) is 30.5. The average molecular weight is 720 g/mol. The van der Waals surface area contributed by atoms with E-state index >= 15 is 8.78 Å². The number of para-hydroxylation sites is 2. The summed E-state index contributed by atoms with van der Waals surface area (Å²) < 4.78 is 88.7. The number of carbonyl (C=O) groups is 2. The zero-order chi connectivity index (χ0) is 30.9. The van der Waals surface area contributed by atoms with E-state index in [0.717, 1.165) is 0 Å². The Balaban J connectivity index is 2.05. The van der Waals surface area contributed by atoms with Gasteiger partial charge in [-0.3, -0.25) is 0 Å². The number of phenols is 2. The maximum atomic E-state index is 15.3. The van der Waals surface area contributed by atoms with Crippen molar-refractivity contribution in [2.24, 2.45) is 0 Å². The van der Waals surface area contributed by atoms with Gasteiger partial charge in [0.15, 0.2) is 57.8 Å². The molecule has 8 nitrogen and oxygen atoms in total. The third-order valence-electron chi connectivity index (χ3n) is 5.48. The Morgan fingerprint density at radius 2 is 0.929 bits per heavy atom. The Hall–Kier alpha value is -4.44. The van der Waals surface area contributed by atoms with Gasteiger partial charge in [0.2, 0.25) is 0 Å². The van der Waals surface area contributed by atoms with Gasteiger partial charge in [0.1, 0.15) is 0 Å². The van der Waals surface area contributed by atoms with E-state index in [4.69, 9.17) is 0 Å². The Morgan fingerprint density at radius 3 is 1.26 bits per heavy atom. The summed E-state index contributed by atoms with van der Waals surface area (Å²) in [6, 6.07) is 7.60. The van der Waals surface area contributed by atoms with E-state index in [-0.39, 0.29) is 42.5 Å². The molecule has 4 rings (SSSR count). The molecule has 0 atom stereocenters. The second-order valence-corrected chi connectivity index (χ2v) is 9.86. The summed E-state index contributed by atoms with van der Waals surface area (Å²) in [5.74, 6) is -15.5. The zero-order valence-electron chi connectivity index (χ0n) is 20.4. The smallest absolute Gasteiger partial charge is 0.346 e. The summed E-state index contributed by atoms with van der Waals surface area (Å²) in [6.07, 6.45) is 0. The van der Waals surface area contributed by atoms with Crippen LogP contribution in [-0.4, -0.2) is 22.3 Å². The van der Waals surface area contributed by atoms with Crippen molar-refractivity contribution in [3.8, 4) is 11.5 Å². The normalized spacial score (nSPS) is 10.8. The highest BCUT2D eigenvalue weighted by molar-refractivity contribution is 9.11. The van der Waals surface area contributed by atoms with E-state index in [2.05, 4.69) is 42.5 Å². The molecule has 0 heterocycles. The molecule has 0 aromatic heterocycles. The quantitative estimate of drug-likeness (QED) is 0.0971. The number of amides is 4. The third-order valence-corrected chi connectivity index (χ3v) is 6.87. The van der Waals surface area contributed by atoms with Gasteiger partial charge in [0.05, 0.1) is 11.4 Å². The fourth-order valence-electron chi connectivity index (χ4n) is 3.58. The number of benzene rings is 4. The van der Waals surface area contributed by atoms with Crippen LogP contribution in [0.1, 0.15) is 0 Å². The molecule has 42 heavy (non-hydrogen) atoms. The van der Waals surface area contributed by atoms with Crippen molar-refractivity contribution in [2.45, 2.75) is 0 Å². The fraction of sp³-hybridized carbons (Fsp3) is 0. The lowest BCUT2D eigenvalue weighted by Crippen LogP contribution is -2.54. The molecule has 16 heteroatoms. The summed E-state index contributed by atoms with van der Waals surface area (Å²) >= 11 is 6.23. The van der Waals surface area contributed by atoms with Crippen LogP contribution in [-0.2, 0) is 0 Å². The van der Waals surface area contributed by atoms with Gasteiger partial charge in [-0.25, -0.2) is 35.9 Å². The van der Waals surface area contributed by atoms with Gasteiger partial charge in [-0.1, -0.05) is 24.3 Å². The van der Waals surface area contributed by atoms with E-state index in [1.54, 1.807) is 0 Å². The van der Waals surface area contributed by atoms with Crippen LogP contribution in [0.15, 0.2) is 69.6 Å². The van der Waals surface area contributed by atoms with Crippen molar-refractivity contribution >= 4 is 66.7 Å². The van der Waals surface area contributed by atoms with Crippen LogP contribution < -0.4 is 20.7 Å². The molecule has 0 saturated heterocycles. The summed E-state index contributed by atoms with van der Waals surface area (Å²) in [5, 5.41) is 24.4. The number of aromatic hydroxyl groups is 2. The molecule has 0 fully saturated rings. The summed E-state index contributed by atoms with van der Waals surface area (Å²) in [6.45, 7) is 0. The molecule has 0 aliphatic heterocycles. The second kappa shape index (κ2) is 12.2. The molecular formula is C26H14Br2F6N4O4. The summed E-state index contributed by atoms with van der Waals surface area (Å²) in [7, 11) is 0. The summed E-state index contributed by atoms with van der Waals surface area (Å²) in [5.41, 5.74) is -3.68. The van der Waals surface area contributed by atoms with Gasteiger partial charge in [0, 0.05) is 21.1 Å². The van der Waals surface area contributed by atoms with Crippen molar-refractivity contribution in [2.75, 3.05) is 20.7 Å². The van der Waals surface area contributed by atoms with Crippen LogP contribution in [0.5, 0.6) is 11.5 Å². The van der Waals surface area contributed by atoms with Crippen molar-refractivity contribution in [1.82, 2.24) is 0 Å². The Morgan fingerprint density at radius 1 is 0.595 bits per heavy atom. The van der Waals surface area contributed by atoms with Gasteiger partial charge < -0.3 is 20.8 Å². The fourth-order valence-corrected chi connectivity index (χ4v) is 4.35. The topological polar surface area (TPSA) is 105 Å². The molecular weight excluding hydrogens is 706 g/mol. The molecule has 0 spiro atoms. The number of anilines is 4. The lowest BCUT2D eigenvalue weighted by atomic mass is 10.2. The molecule has 4 aromatic rings. The minimum Gasteiger partial charge on any atom is -0.503 e. The molecule has 0 radical (unpaired) electrons. The van der Waals surface area contributed by atoms with Gasteiger partial charge in [-0.2, -0.15) is 10.0 Å².